The SMILES string of the molecule is CCc1nsc(Nc2ccc3ncn(CC(=O)OC)c(=O)c3c2)n1. The summed E-state index contributed by atoms with van der Waals surface area (Å²) in [4.78, 5) is 32.4. The number of nitrogens with zero attached hydrogens (tertiary/aromatic N) is 4. The van der Waals surface area contributed by atoms with Crippen molar-refractivity contribution in [3.63, 3.8) is 0 Å². The average molecular weight is 345 g/mol. The van der Waals surface area contributed by atoms with E-state index in [-0.39, 0.29) is 12.1 Å². The van der Waals surface area contributed by atoms with Crippen LogP contribution in [0.3, 0.4) is 0 Å². The lowest BCUT2D eigenvalue weighted by atomic mass is 10.2. The van der Waals surface area contributed by atoms with Gasteiger partial charge in [0.05, 0.1) is 24.3 Å². The molecule has 3 rings (SSSR count). The van der Waals surface area contributed by atoms with Gasteiger partial charge in [-0.1, -0.05) is 6.92 Å². The summed E-state index contributed by atoms with van der Waals surface area (Å²) < 4.78 is 10.0. The van der Waals surface area contributed by atoms with Crippen molar-refractivity contribution in [3.8, 4) is 0 Å². The minimum absolute atomic E-state index is 0.174. The molecule has 24 heavy (non-hydrogen) atoms. The molecular weight excluding hydrogens is 330 g/mol. The topological polar surface area (TPSA) is 99.0 Å². The number of benzene rings is 1. The van der Waals surface area contributed by atoms with Crippen LogP contribution < -0.4 is 10.9 Å². The van der Waals surface area contributed by atoms with E-state index in [1.165, 1.54) is 29.5 Å². The summed E-state index contributed by atoms with van der Waals surface area (Å²) in [5.41, 5.74) is 0.953. The second-order valence-electron chi connectivity index (χ2n) is 4.98. The molecule has 0 radical (unpaired) electrons. The molecule has 1 N–H and O–H groups in total. The zero-order valence-electron chi connectivity index (χ0n) is 13.1. The van der Waals surface area contributed by atoms with E-state index in [4.69, 9.17) is 0 Å². The molecule has 0 spiro atoms. The summed E-state index contributed by atoms with van der Waals surface area (Å²) in [5.74, 6) is 0.263. The van der Waals surface area contributed by atoms with E-state index in [0.717, 1.165) is 12.2 Å². The molecule has 0 aliphatic carbocycles. The summed E-state index contributed by atoms with van der Waals surface area (Å²) >= 11 is 1.26. The Morgan fingerprint density at radius 1 is 1.42 bits per heavy atom. The Kier molecular flexibility index (Phi) is 4.52. The fraction of sp³-hybridized carbons (Fsp3) is 0.267. The first-order valence-corrected chi connectivity index (χ1v) is 8.03. The van der Waals surface area contributed by atoms with E-state index in [1.54, 1.807) is 12.1 Å². The van der Waals surface area contributed by atoms with Gasteiger partial charge in [0.25, 0.3) is 5.56 Å². The van der Waals surface area contributed by atoms with E-state index in [0.29, 0.717) is 21.7 Å². The first kappa shape index (κ1) is 16.1. The van der Waals surface area contributed by atoms with Gasteiger partial charge < -0.3 is 10.1 Å². The summed E-state index contributed by atoms with van der Waals surface area (Å²) in [6.45, 7) is 1.81. The lowest BCUT2D eigenvalue weighted by Gasteiger charge is -2.07. The van der Waals surface area contributed by atoms with Gasteiger partial charge in [0.1, 0.15) is 12.4 Å². The molecule has 0 bridgehead atoms. The summed E-state index contributed by atoms with van der Waals surface area (Å²) in [6.07, 6.45) is 2.10. The highest BCUT2D eigenvalue weighted by Gasteiger charge is 2.10. The molecule has 0 amide bonds. The molecule has 0 aliphatic heterocycles. The maximum Gasteiger partial charge on any atom is 0.325 e. The molecule has 124 valence electrons. The van der Waals surface area contributed by atoms with Crippen molar-refractivity contribution in [1.82, 2.24) is 18.9 Å². The summed E-state index contributed by atoms with van der Waals surface area (Å²) in [5, 5.41) is 4.19. The molecule has 8 nitrogen and oxygen atoms in total. The van der Waals surface area contributed by atoms with Crippen molar-refractivity contribution < 1.29 is 9.53 Å². The zero-order chi connectivity index (χ0) is 17.1. The van der Waals surface area contributed by atoms with Crippen LogP contribution in [0.4, 0.5) is 10.8 Å². The summed E-state index contributed by atoms with van der Waals surface area (Å²) in [6, 6.07) is 5.24. The van der Waals surface area contributed by atoms with Crippen LogP contribution in [-0.2, 0) is 22.5 Å². The number of ether oxygens (including phenoxy) is 1. The fourth-order valence-electron chi connectivity index (χ4n) is 2.12. The molecule has 0 fully saturated rings. The van der Waals surface area contributed by atoms with E-state index in [9.17, 15) is 9.59 Å². The first-order valence-electron chi connectivity index (χ1n) is 7.26. The summed E-state index contributed by atoms with van der Waals surface area (Å²) in [7, 11) is 1.27. The van der Waals surface area contributed by atoms with Gasteiger partial charge in [-0.25, -0.2) is 9.97 Å². The Hall–Kier alpha value is -2.81. The van der Waals surface area contributed by atoms with Crippen LogP contribution >= 0.6 is 11.5 Å². The smallest absolute Gasteiger partial charge is 0.325 e. The number of fused-ring (bicyclic) bond motifs is 1. The third-order valence-corrected chi connectivity index (χ3v) is 4.06. The van der Waals surface area contributed by atoms with Crippen molar-refractivity contribution in [2.45, 2.75) is 19.9 Å². The molecule has 0 unspecified atom stereocenters. The highest BCUT2D eigenvalue weighted by Crippen LogP contribution is 2.21. The predicted octanol–water partition coefficient (Wildman–Crippen LogP) is 1.73. The van der Waals surface area contributed by atoms with Crippen molar-refractivity contribution in [1.29, 1.82) is 0 Å². The molecule has 1 aromatic carbocycles. The quantitative estimate of drug-likeness (QED) is 0.703. The van der Waals surface area contributed by atoms with E-state index >= 15 is 0 Å². The number of nitrogens with one attached hydrogen (secondary N) is 1. The zero-order valence-corrected chi connectivity index (χ0v) is 14.0. The average Bonchev–Trinajstić information content (AvgIpc) is 3.05. The fourth-order valence-corrected chi connectivity index (χ4v) is 2.80. The van der Waals surface area contributed by atoms with Crippen LogP contribution in [0.5, 0.6) is 0 Å². The Morgan fingerprint density at radius 3 is 2.96 bits per heavy atom. The molecule has 3 aromatic rings. The Morgan fingerprint density at radius 2 is 2.25 bits per heavy atom. The maximum absolute atomic E-state index is 12.5. The Labute approximate surface area is 141 Å². The minimum atomic E-state index is -0.506. The van der Waals surface area contributed by atoms with Crippen LogP contribution in [-0.4, -0.2) is 32.0 Å². The number of carbonyl (C=O) groups is 1. The van der Waals surface area contributed by atoms with Crippen LogP contribution in [0, 0.1) is 0 Å². The van der Waals surface area contributed by atoms with Crippen LogP contribution in [0.2, 0.25) is 0 Å². The minimum Gasteiger partial charge on any atom is -0.468 e. The van der Waals surface area contributed by atoms with Crippen LogP contribution in [0.25, 0.3) is 10.9 Å². The van der Waals surface area contributed by atoms with Gasteiger partial charge in [0, 0.05) is 23.6 Å². The van der Waals surface area contributed by atoms with Gasteiger partial charge in [-0.05, 0) is 18.2 Å². The highest BCUT2D eigenvalue weighted by atomic mass is 32.1. The normalized spacial score (nSPS) is 10.8. The van der Waals surface area contributed by atoms with Gasteiger partial charge in [0.2, 0.25) is 5.13 Å². The van der Waals surface area contributed by atoms with Crippen molar-refractivity contribution in [2.24, 2.45) is 0 Å². The van der Waals surface area contributed by atoms with Crippen molar-refractivity contribution in [3.05, 3.63) is 40.7 Å². The number of aryl methyl sites for hydroxylation is 1. The Bertz CT molecular complexity index is 950. The van der Waals surface area contributed by atoms with E-state index in [1.807, 2.05) is 13.0 Å². The maximum atomic E-state index is 12.5. The number of hydrogen-bond acceptors (Lipinski definition) is 8. The van der Waals surface area contributed by atoms with Crippen molar-refractivity contribution in [2.75, 3.05) is 12.4 Å². The van der Waals surface area contributed by atoms with Gasteiger partial charge in [0.15, 0.2) is 0 Å². The number of methoxy groups -OCH3 is 1. The first-order chi connectivity index (χ1) is 11.6. The van der Waals surface area contributed by atoms with E-state index < -0.39 is 5.97 Å². The third-order valence-electron chi connectivity index (χ3n) is 3.39. The number of anilines is 2. The second kappa shape index (κ2) is 6.75. The monoisotopic (exact) mass is 345 g/mol. The van der Waals surface area contributed by atoms with Crippen LogP contribution in [0.1, 0.15) is 12.7 Å². The Balaban J connectivity index is 1.95. The number of esters is 1. The predicted molar refractivity (Wildman–Crippen MR) is 90.6 cm³/mol. The molecule has 0 saturated heterocycles. The molecule has 9 heteroatoms. The van der Waals surface area contributed by atoms with Gasteiger partial charge in [-0.15, -0.1) is 0 Å². The highest BCUT2D eigenvalue weighted by molar-refractivity contribution is 7.09. The van der Waals surface area contributed by atoms with Gasteiger partial charge >= 0.3 is 5.97 Å². The largest absolute Gasteiger partial charge is 0.468 e. The molecule has 2 heterocycles. The molecule has 0 atom stereocenters. The number of aromatic nitrogens is 4. The lowest BCUT2D eigenvalue weighted by molar-refractivity contribution is -0.141. The number of rotatable bonds is 5. The molecule has 0 aliphatic rings. The lowest BCUT2D eigenvalue weighted by Crippen LogP contribution is -2.25. The van der Waals surface area contributed by atoms with Crippen molar-refractivity contribution >= 4 is 39.2 Å². The van der Waals surface area contributed by atoms with Crippen LogP contribution in [0.15, 0.2) is 29.3 Å². The third kappa shape index (κ3) is 3.25. The number of hydrogen-bond donors (Lipinski definition) is 1. The van der Waals surface area contributed by atoms with E-state index in [2.05, 4.69) is 24.4 Å². The molecular formula is C15H15N5O3S. The molecule has 2 aromatic heterocycles. The molecule has 0 saturated carbocycles. The van der Waals surface area contributed by atoms with Gasteiger partial charge in [-0.3, -0.25) is 14.2 Å². The second-order valence-corrected chi connectivity index (χ2v) is 5.73. The van der Waals surface area contributed by atoms with Gasteiger partial charge in [-0.2, -0.15) is 4.37 Å². The number of carbonyl (C=O) groups excluding carboxylic acids is 1. The standard InChI is InChI=1S/C15H15N5O3S/c1-3-12-18-15(24-19-12)17-9-4-5-11-10(6-9)14(22)20(8-16-11)7-13(21)23-2/h4-6,8H,3,7H2,1-2H3,(H,17,18,19).